The van der Waals surface area contributed by atoms with E-state index in [0.717, 1.165) is 34.5 Å². The van der Waals surface area contributed by atoms with Gasteiger partial charge in [0, 0.05) is 16.2 Å². The van der Waals surface area contributed by atoms with Crippen LogP contribution in [0.5, 0.6) is 0 Å². The first-order valence-electron chi connectivity index (χ1n) is 7.91. The molecule has 0 saturated carbocycles. The molecule has 3 nitrogen and oxygen atoms in total. The molecular formula is C19H22BrN3. The Morgan fingerprint density at radius 1 is 1.04 bits per heavy atom. The monoisotopic (exact) mass is 371 g/mol. The van der Waals surface area contributed by atoms with E-state index in [0.29, 0.717) is 0 Å². The summed E-state index contributed by atoms with van der Waals surface area (Å²) in [5.41, 5.74) is 3.41. The summed E-state index contributed by atoms with van der Waals surface area (Å²) in [6.07, 6.45) is 3.98. The molecule has 0 aliphatic rings. The van der Waals surface area contributed by atoms with Crippen molar-refractivity contribution < 1.29 is 0 Å². The molecule has 1 N–H and O–H groups in total. The van der Waals surface area contributed by atoms with E-state index in [-0.39, 0.29) is 5.54 Å². The zero-order valence-corrected chi connectivity index (χ0v) is 15.4. The van der Waals surface area contributed by atoms with Gasteiger partial charge >= 0.3 is 0 Å². The fourth-order valence-electron chi connectivity index (χ4n) is 2.64. The van der Waals surface area contributed by atoms with Crippen molar-refractivity contribution in [2.45, 2.75) is 39.2 Å². The van der Waals surface area contributed by atoms with E-state index in [4.69, 9.17) is 4.98 Å². The van der Waals surface area contributed by atoms with Gasteiger partial charge in [-0.25, -0.2) is 4.98 Å². The number of hydrogen-bond donors (Lipinski definition) is 1. The molecule has 4 heteroatoms. The third kappa shape index (κ3) is 3.94. The molecule has 1 aromatic carbocycles. The molecule has 0 spiro atoms. The van der Waals surface area contributed by atoms with Gasteiger partial charge < -0.3 is 5.32 Å². The minimum atomic E-state index is -0.0141. The third-order valence-electron chi connectivity index (χ3n) is 3.64. The molecular weight excluding hydrogens is 350 g/mol. The standard InChI is InChI=1S/C19H22BrN3/c1-19(2,3)22-18-16(11-9-14-7-5-4-6-8-14)21-17-12-10-15(20)13-23(17)18/h4-8,10,12-13,22H,9,11H2,1-3H3. The molecule has 0 atom stereocenters. The minimum absolute atomic E-state index is 0.0141. The van der Waals surface area contributed by atoms with Crippen LogP contribution in [0.3, 0.4) is 0 Å². The smallest absolute Gasteiger partial charge is 0.138 e. The average Bonchev–Trinajstić information content (AvgIpc) is 2.82. The van der Waals surface area contributed by atoms with Gasteiger partial charge in [0.25, 0.3) is 0 Å². The van der Waals surface area contributed by atoms with Gasteiger partial charge in [-0.1, -0.05) is 30.3 Å². The number of benzene rings is 1. The molecule has 2 aromatic heterocycles. The summed E-state index contributed by atoms with van der Waals surface area (Å²) in [5, 5.41) is 3.62. The number of nitrogens with zero attached hydrogens (tertiary/aromatic N) is 2. The van der Waals surface area contributed by atoms with Crippen molar-refractivity contribution in [1.29, 1.82) is 0 Å². The maximum Gasteiger partial charge on any atom is 0.138 e. The molecule has 0 radical (unpaired) electrons. The van der Waals surface area contributed by atoms with Crippen molar-refractivity contribution in [1.82, 2.24) is 9.38 Å². The van der Waals surface area contributed by atoms with Gasteiger partial charge in [-0.05, 0) is 67.2 Å². The molecule has 120 valence electrons. The number of imidazole rings is 1. The Hall–Kier alpha value is -1.81. The van der Waals surface area contributed by atoms with Gasteiger partial charge in [0.15, 0.2) is 0 Å². The molecule has 2 heterocycles. The molecule has 0 saturated heterocycles. The summed E-state index contributed by atoms with van der Waals surface area (Å²) in [7, 11) is 0. The normalized spacial score (nSPS) is 11.8. The first kappa shape index (κ1) is 16.1. The Morgan fingerprint density at radius 2 is 1.78 bits per heavy atom. The van der Waals surface area contributed by atoms with E-state index in [2.05, 4.69) is 82.9 Å². The number of pyridine rings is 1. The highest BCUT2D eigenvalue weighted by atomic mass is 79.9. The van der Waals surface area contributed by atoms with E-state index in [1.54, 1.807) is 0 Å². The van der Waals surface area contributed by atoms with Crippen LogP contribution in [0, 0.1) is 0 Å². The predicted octanol–water partition coefficient (Wildman–Crippen LogP) is 5.09. The topological polar surface area (TPSA) is 29.3 Å². The minimum Gasteiger partial charge on any atom is -0.365 e. The summed E-state index contributed by atoms with van der Waals surface area (Å²) < 4.78 is 3.18. The van der Waals surface area contributed by atoms with Crippen LogP contribution >= 0.6 is 15.9 Å². The number of halogens is 1. The SMILES string of the molecule is CC(C)(C)Nc1c(CCc2ccccc2)nc2ccc(Br)cn12. The lowest BCUT2D eigenvalue weighted by Crippen LogP contribution is -2.27. The van der Waals surface area contributed by atoms with Crippen LogP contribution in [-0.4, -0.2) is 14.9 Å². The van der Waals surface area contributed by atoms with E-state index in [9.17, 15) is 0 Å². The van der Waals surface area contributed by atoms with E-state index < -0.39 is 0 Å². The molecule has 0 fully saturated rings. The Morgan fingerprint density at radius 3 is 2.48 bits per heavy atom. The summed E-state index contributed by atoms with van der Waals surface area (Å²) in [5.74, 6) is 1.09. The van der Waals surface area contributed by atoms with E-state index in [1.165, 1.54) is 5.56 Å². The van der Waals surface area contributed by atoms with Crippen molar-refractivity contribution >= 4 is 27.4 Å². The van der Waals surface area contributed by atoms with Gasteiger partial charge in [0.2, 0.25) is 0 Å². The molecule has 0 aliphatic carbocycles. The maximum absolute atomic E-state index is 4.83. The zero-order chi connectivity index (χ0) is 16.4. The fourth-order valence-corrected chi connectivity index (χ4v) is 2.97. The van der Waals surface area contributed by atoms with Crippen molar-refractivity contribution in [3.8, 4) is 0 Å². The van der Waals surface area contributed by atoms with Crippen LogP contribution in [0.2, 0.25) is 0 Å². The summed E-state index contributed by atoms with van der Waals surface area (Å²) >= 11 is 3.55. The van der Waals surface area contributed by atoms with Crippen molar-refractivity contribution in [3.63, 3.8) is 0 Å². The highest BCUT2D eigenvalue weighted by molar-refractivity contribution is 9.10. The van der Waals surface area contributed by atoms with Crippen molar-refractivity contribution in [2.75, 3.05) is 5.32 Å². The lowest BCUT2D eigenvalue weighted by Gasteiger charge is -2.22. The molecule has 0 aliphatic heterocycles. The number of aromatic nitrogens is 2. The van der Waals surface area contributed by atoms with Gasteiger partial charge in [0.1, 0.15) is 11.5 Å². The molecule has 3 aromatic rings. The van der Waals surface area contributed by atoms with Crippen molar-refractivity contribution in [2.24, 2.45) is 0 Å². The summed E-state index contributed by atoms with van der Waals surface area (Å²) in [4.78, 5) is 4.83. The quantitative estimate of drug-likeness (QED) is 0.691. The van der Waals surface area contributed by atoms with E-state index in [1.807, 2.05) is 12.1 Å². The van der Waals surface area contributed by atoms with Crippen molar-refractivity contribution in [3.05, 3.63) is 64.4 Å². The van der Waals surface area contributed by atoms with Crippen LogP contribution < -0.4 is 5.32 Å². The molecule has 3 rings (SSSR count). The average molecular weight is 372 g/mol. The first-order chi connectivity index (χ1) is 10.9. The third-order valence-corrected chi connectivity index (χ3v) is 4.11. The van der Waals surface area contributed by atoms with Gasteiger partial charge in [-0.15, -0.1) is 0 Å². The second-order valence-corrected chi connectivity index (χ2v) is 7.76. The van der Waals surface area contributed by atoms with Crippen LogP contribution in [0.15, 0.2) is 53.1 Å². The number of anilines is 1. The lowest BCUT2D eigenvalue weighted by atomic mass is 10.1. The molecule has 23 heavy (non-hydrogen) atoms. The Labute approximate surface area is 145 Å². The van der Waals surface area contributed by atoms with Crippen LogP contribution in [-0.2, 0) is 12.8 Å². The Kier molecular flexibility index (Phi) is 4.44. The molecule has 0 bridgehead atoms. The highest BCUT2D eigenvalue weighted by Gasteiger charge is 2.18. The Balaban J connectivity index is 1.96. The molecule has 0 amide bonds. The number of hydrogen-bond acceptors (Lipinski definition) is 2. The van der Waals surface area contributed by atoms with E-state index >= 15 is 0 Å². The number of aryl methyl sites for hydroxylation is 2. The fraction of sp³-hybridized carbons (Fsp3) is 0.316. The largest absolute Gasteiger partial charge is 0.365 e. The van der Waals surface area contributed by atoms with Gasteiger partial charge in [0.05, 0.1) is 5.69 Å². The van der Waals surface area contributed by atoms with Crippen LogP contribution in [0.4, 0.5) is 5.82 Å². The summed E-state index contributed by atoms with van der Waals surface area (Å²) in [6, 6.07) is 14.6. The van der Waals surface area contributed by atoms with Crippen LogP contribution in [0.1, 0.15) is 32.0 Å². The summed E-state index contributed by atoms with van der Waals surface area (Å²) in [6.45, 7) is 6.52. The lowest BCUT2D eigenvalue weighted by molar-refractivity contribution is 0.627. The number of rotatable bonds is 4. The van der Waals surface area contributed by atoms with Crippen LogP contribution in [0.25, 0.3) is 5.65 Å². The first-order valence-corrected chi connectivity index (χ1v) is 8.70. The highest BCUT2D eigenvalue weighted by Crippen LogP contribution is 2.25. The van der Waals surface area contributed by atoms with Gasteiger partial charge in [-0.3, -0.25) is 4.40 Å². The zero-order valence-electron chi connectivity index (χ0n) is 13.8. The second-order valence-electron chi connectivity index (χ2n) is 6.84. The predicted molar refractivity (Wildman–Crippen MR) is 100 cm³/mol. The van der Waals surface area contributed by atoms with Gasteiger partial charge in [-0.2, -0.15) is 0 Å². The molecule has 0 unspecified atom stereocenters. The maximum atomic E-state index is 4.83. The second kappa shape index (κ2) is 6.36. The Bertz CT molecular complexity index is 801. The number of fused-ring (bicyclic) bond motifs is 1. The number of nitrogens with one attached hydrogen (secondary N) is 1.